The number of nitrogens with zero attached hydrogens (tertiary/aromatic N) is 4. The molecule has 2 aromatic heterocycles. The van der Waals surface area contributed by atoms with E-state index in [9.17, 15) is 5.11 Å². The third-order valence-electron chi connectivity index (χ3n) is 7.52. The second-order valence-corrected chi connectivity index (χ2v) is 13.1. The summed E-state index contributed by atoms with van der Waals surface area (Å²) >= 11 is 5.28. The van der Waals surface area contributed by atoms with Crippen LogP contribution in [0.4, 0.5) is 0 Å². The Balaban J connectivity index is 1.75. The van der Waals surface area contributed by atoms with Crippen LogP contribution in [0.2, 0.25) is 0 Å². The van der Waals surface area contributed by atoms with Crippen molar-refractivity contribution in [3.05, 3.63) is 76.1 Å². The van der Waals surface area contributed by atoms with Gasteiger partial charge >= 0.3 is 0 Å². The second-order valence-electron chi connectivity index (χ2n) is 12.7. The maximum atomic E-state index is 11.8. The molecule has 6 nitrogen and oxygen atoms in total. The lowest BCUT2D eigenvalue weighted by Crippen LogP contribution is -2.27. The maximum absolute atomic E-state index is 11.8. The highest BCUT2D eigenvalue weighted by molar-refractivity contribution is 7.71. The Kier molecular flexibility index (Phi) is 6.06. The van der Waals surface area contributed by atoms with E-state index < -0.39 is 5.41 Å². The van der Waals surface area contributed by atoms with Crippen molar-refractivity contribution in [3.8, 4) is 11.4 Å². The number of fused-ring (bicyclic) bond motifs is 2. The fourth-order valence-electron chi connectivity index (χ4n) is 5.72. The van der Waals surface area contributed by atoms with Crippen molar-refractivity contribution in [2.24, 2.45) is 12.5 Å². The fraction of sp³-hybridized carbons (Fsp3) is 0.387. The zero-order valence-electron chi connectivity index (χ0n) is 23.5. The molecule has 0 fully saturated rings. The van der Waals surface area contributed by atoms with Crippen LogP contribution in [0.15, 0.2) is 59.0 Å². The van der Waals surface area contributed by atoms with E-state index in [1.165, 1.54) is 0 Å². The molecule has 0 radical (unpaired) electrons. The van der Waals surface area contributed by atoms with Crippen LogP contribution < -0.4 is 0 Å². The molecule has 0 bridgehead atoms. The molecule has 7 heteroatoms. The smallest absolute Gasteiger partial charge is 0.269 e. The Hall–Kier alpha value is -3.45. The van der Waals surface area contributed by atoms with Crippen molar-refractivity contribution in [2.75, 3.05) is 0 Å². The molecule has 198 valence electrons. The fourth-order valence-corrected chi connectivity index (χ4v) is 5.91. The van der Waals surface area contributed by atoms with E-state index in [0.29, 0.717) is 27.1 Å². The minimum absolute atomic E-state index is 0.127. The summed E-state index contributed by atoms with van der Waals surface area (Å²) in [6.07, 6.45) is 0.972. The van der Waals surface area contributed by atoms with Crippen molar-refractivity contribution in [1.82, 2.24) is 19.6 Å². The van der Waals surface area contributed by atoms with Crippen LogP contribution in [-0.2, 0) is 17.9 Å². The average Bonchev–Trinajstić information content (AvgIpc) is 3.36. The van der Waals surface area contributed by atoms with E-state index in [1.807, 2.05) is 48.0 Å². The number of benzene rings is 3. The van der Waals surface area contributed by atoms with Crippen LogP contribution >= 0.6 is 12.2 Å². The summed E-state index contributed by atoms with van der Waals surface area (Å²) in [4.78, 5) is 1.95. The van der Waals surface area contributed by atoms with Gasteiger partial charge in [-0.1, -0.05) is 84.9 Å². The first-order valence-electron chi connectivity index (χ1n) is 13.0. The number of phenols is 1. The number of aromatic hydroxyl groups is 1. The highest BCUT2D eigenvalue weighted by Gasteiger charge is 2.33. The molecule has 0 saturated heterocycles. The van der Waals surface area contributed by atoms with Crippen LogP contribution in [0.1, 0.15) is 71.6 Å². The molecule has 0 aliphatic carbocycles. The summed E-state index contributed by atoms with van der Waals surface area (Å²) in [6.45, 7) is 15.6. The summed E-state index contributed by atoms with van der Waals surface area (Å²) in [6, 6.07) is 18.3. The second kappa shape index (κ2) is 8.80. The summed E-state index contributed by atoms with van der Waals surface area (Å²) < 4.78 is 7.54. The van der Waals surface area contributed by atoms with Crippen molar-refractivity contribution >= 4 is 34.4 Å². The molecule has 38 heavy (non-hydrogen) atoms. The number of aryl methyl sites for hydroxylation is 1. The van der Waals surface area contributed by atoms with Crippen molar-refractivity contribution < 1.29 is 9.52 Å². The number of oxazole rings is 1. The summed E-state index contributed by atoms with van der Waals surface area (Å²) in [7, 11) is 1.87. The van der Waals surface area contributed by atoms with Gasteiger partial charge in [-0.05, 0) is 52.7 Å². The summed E-state index contributed by atoms with van der Waals surface area (Å²) in [5.41, 5.74) is 6.07. The standard InChI is InChI=1S/C31H36N4O2S/c1-29(2,3)18-30(4,5)20-14-21(31(6,7)19-12-10-9-11-13-19)27(36)25(15-20)35-32-22-16-24-26(17-23(22)33-35)37-28(38)34(24)8/h9-17,36H,18H2,1-8H3. The highest BCUT2D eigenvalue weighted by Crippen LogP contribution is 2.44. The molecule has 0 amide bonds. The normalized spacial score (nSPS) is 13.1. The van der Waals surface area contributed by atoms with Gasteiger partial charge in [-0.3, -0.25) is 0 Å². The van der Waals surface area contributed by atoms with Gasteiger partial charge in [-0.2, -0.15) is 0 Å². The molecule has 0 aliphatic rings. The Morgan fingerprint density at radius 2 is 1.50 bits per heavy atom. The minimum atomic E-state index is -0.450. The first kappa shape index (κ1) is 26.2. The lowest BCUT2D eigenvalue weighted by Gasteiger charge is -2.35. The molecule has 5 aromatic rings. The molecule has 5 rings (SSSR count). The van der Waals surface area contributed by atoms with E-state index in [4.69, 9.17) is 26.8 Å². The minimum Gasteiger partial charge on any atom is -0.505 e. The topological polar surface area (TPSA) is 69.0 Å². The van der Waals surface area contributed by atoms with Crippen LogP contribution in [0.3, 0.4) is 0 Å². The molecule has 0 spiro atoms. The predicted octanol–water partition coefficient (Wildman–Crippen LogP) is 7.98. The maximum Gasteiger partial charge on any atom is 0.269 e. The molecular weight excluding hydrogens is 492 g/mol. The lowest BCUT2D eigenvalue weighted by molar-refractivity contribution is 0.283. The number of rotatable bonds is 5. The van der Waals surface area contributed by atoms with Gasteiger partial charge in [0.1, 0.15) is 22.5 Å². The zero-order valence-corrected chi connectivity index (χ0v) is 24.3. The third kappa shape index (κ3) is 4.53. The number of aromatic nitrogens is 4. The molecule has 0 atom stereocenters. The quantitative estimate of drug-likeness (QED) is 0.234. The molecule has 0 unspecified atom stereocenters. The first-order valence-corrected chi connectivity index (χ1v) is 13.4. The largest absolute Gasteiger partial charge is 0.505 e. The van der Waals surface area contributed by atoms with Crippen molar-refractivity contribution in [3.63, 3.8) is 0 Å². The Morgan fingerprint density at radius 3 is 2.13 bits per heavy atom. The zero-order chi connectivity index (χ0) is 27.6. The van der Waals surface area contributed by atoms with Gasteiger partial charge in [0.15, 0.2) is 5.58 Å². The van der Waals surface area contributed by atoms with Gasteiger partial charge in [0.05, 0.1) is 5.52 Å². The Labute approximate surface area is 228 Å². The van der Waals surface area contributed by atoms with Gasteiger partial charge in [0, 0.05) is 24.1 Å². The highest BCUT2D eigenvalue weighted by atomic mass is 32.1. The molecule has 2 heterocycles. The van der Waals surface area contributed by atoms with Crippen LogP contribution in [-0.4, -0.2) is 24.7 Å². The van der Waals surface area contributed by atoms with E-state index in [2.05, 4.69) is 66.7 Å². The summed E-state index contributed by atoms with van der Waals surface area (Å²) in [5, 5.41) is 21.3. The van der Waals surface area contributed by atoms with E-state index in [1.54, 1.807) is 4.80 Å². The SMILES string of the molecule is Cn1c(=S)oc2cc3nn(-c4cc(C(C)(C)CC(C)(C)C)cc(C(C)(C)c5ccccc5)c4O)nc3cc21. The van der Waals surface area contributed by atoms with Crippen LogP contribution in [0.5, 0.6) is 5.75 Å². The Bertz CT molecular complexity index is 1720. The van der Waals surface area contributed by atoms with Gasteiger partial charge < -0.3 is 14.1 Å². The van der Waals surface area contributed by atoms with Crippen LogP contribution in [0.25, 0.3) is 27.8 Å². The van der Waals surface area contributed by atoms with E-state index in [0.717, 1.165) is 28.6 Å². The number of phenolic OH excluding ortho intramolecular Hbond substituents is 1. The molecule has 0 aliphatic heterocycles. The number of hydrogen-bond acceptors (Lipinski definition) is 5. The molecule has 3 aromatic carbocycles. The average molecular weight is 529 g/mol. The van der Waals surface area contributed by atoms with Gasteiger partial charge in [-0.25, -0.2) is 0 Å². The van der Waals surface area contributed by atoms with Crippen molar-refractivity contribution in [2.45, 2.75) is 65.7 Å². The number of hydrogen-bond donors (Lipinski definition) is 1. The molecule has 1 N–H and O–H groups in total. The van der Waals surface area contributed by atoms with Crippen LogP contribution in [0, 0.1) is 10.3 Å². The summed E-state index contributed by atoms with van der Waals surface area (Å²) in [5.74, 6) is 0.177. The van der Waals surface area contributed by atoms with E-state index >= 15 is 0 Å². The lowest BCUT2D eigenvalue weighted by atomic mass is 9.70. The molecule has 0 saturated carbocycles. The van der Waals surface area contributed by atoms with E-state index in [-0.39, 0.29) is 16.6 Å². The Morgan fingerprint density at radius 1 is 0.868 bits per heavy atom. The monoisotopic (exact) mass is 528 g/mol. The molecular formula is C31H36N4O2S. The third-order valence-corrected chi connectivity index (χ3v) is 7.88. The predicted molar refractivity (Wildman–Crippen MR) is 156 cm³/mol. The van der Waals surface area contributed by atoms with Gasteiger partial charge in [-0.15, -0.1) is 15.0 Å². The van der Waals surface area contributed by atoms with Gasteiger partial charge in [0.2, 0.25) is 0 Å². The van der Waals surface area contributed by atoms with Gasteiger partial charge in [0.25, 0.3) is 4.84 Å². The first-order chi connectivity index (χ1) is 17.7. The van der Waals surface area contributed by atoms with Crippen molar-refractivity contribution in [1.29, 1.82) is 0 Å².